The van der Waals surface area contributed by atoms with Gasteiger partial charge in [-0.15, -0.1) is 0 Å². The number of piperazine rings is 1. The van der Waals surface area contributed by atoms with Crippen molar-refractivity contribution in [3.63, 3.8) is 0 Å². The fraction of sp³-hybridized carbons (Fsp3) is 0.643. The van der Waals surface area contributed by atoms with Gasteiger partial charge >= 0.3 is 0 Å². The summed E-state index contributed by atoms with van der Waals surface area (Å²) in [4.78, 5) is 26.3. The van der Waals surface area contributed by atoms with Gasteiger partial charge in [-0.25, -0.2) is 0 Å². The van der Waals surface area contributed by atoms with Crippen LogP contribution in [0.1, 0.15) is 54.9 Å². The Morgan fingerprint density at radius 1 is 1.55 bits per heavy atom. The molecule has 1 aliphatic rings. The average Bonchev–Trinajstić information content (AvgIpc) is 2.79. The van der Waals surface area contributed by atoms with E-state index in [1.807, 2.05) is 20.8 Å². The minimum absolute atomic E-state index is 0.0776. The van der Waals surface area contributed by atoms with Crippen LogP contribution < -0.4 is 5.32 Å². The number of hydrogen-bond donors (Lipinski definition) is 1. The van der Waals surface area contributed by atoms with E-state index in [9.17, 15) is 9.59 Å². The summed E-state index contributed by atoms with van der Waals surface area (Å²) in [5.74, 6) is 0.420. The maximum atomic E-state index is 12.8. The molecule has 6 nitrogen and oxygen atoms in total. The van der Waals surface area contributed by atoms with Gasteiger partial charge in [-0.05, 0) is 13.3 Å². The molecule has 20 heavy (non-hydrogen) atoms. The molecule has 1 N–H and O–H groups in total. The van der Waals surface area contributed by atoms with Crippen LogP contribution in [0.15, 0.2) is 4.52 Å². The Bertz CT molecular complexity index is 522. The van der Waals surface area contributed by atoms with Gasteiger partial charge in [0.25, 0.3) is 5.91 Å². The second-order valence-electron chi connectivity index (χ2n) is 5.38. The molecular weight excluding hydrogens is 258 g/mol. The van der Waals surface area contributed by atoms with Crippen LogP contribution in [0.2, 0.25) is 0 Å². The van der Waals surface area contributed by atoms with Crippen LogP contribution in [0.4, 0.5) is 0 Å². The van der Waals surface area contributed by atoms with E-state index in [4.69, 9.17) is 4.52 Å². The van der Waals surface area contributed by atoms with Crippen LogP contribution in [0.5, 0.6) is 0 Å². The van der Waals surface area contributed by atoms with Crippen molar-refractivity contribution in [2.24, 2.45) is 0 Å². The number of carbonyl (C=O) groups excluding carboxylic acids is 2. The van der Waals surface area contributed by atoms with Crippen molar-refractivity contribution < 1.29 is 14.1 Å². The van der Waals surface area contributed by atoms with Crippen molar-refractivity contribution in [3.05, 3.63) is 17.0 Å². The first-order valence-electron chi connectivity index (χ1n) is 7.02. The zero-order valence-corrected chi connectivity index (χ0v) is 12.4. The standard InChI is InChI=1S/C14H21N3O3/c1-5-10-13(18)15-6-7-17(10)14(19)11-9(4)16-20-12(11)8(2)3/h8,10H,5-7H2,1-4H3,(H,15,18). The van der Waals surface area contributed by atoms with Crippen LogP contribution in [0.25, 0.3) is 0 Å². The lowest BCUT2D eigenvalue weighted by Gasteiger charge is -2.34. The first-order valence-corrected chi connectivity index (χ1v) is 7.02. The molecule has 1 aromatic rings. The van der Waals surface area contributed by atoms with Gasteiger partial charge in [-0.1, -0.05) is 25.9 Å². The zero-order chi connectivity index (χ0) is 14.9. The Balaban J connectivity index is 2.35. The number of rotatable bonds is 3. The van der Waals surface area contributed by atoms with Gasteiger partial charge in [0, 0.05) is 19.0 Å². The van der Waals surface area contributed by atoms with Gasteiger partial charge < -0.3 is 14.7 Å². The minimum Gasteiger partial charge on any atom is -0.360 e. The Morgan fingerprint density at radius 3 is 2.85 bits per heavy atom. The van der Waals surface area contributed by atoms with Crippen molar-refractivity contribution in [3.8, 4) is 0 Å². The first kappa shape index (κ1) is 14.6. The fourth-order valence-electron chi connectivity index (χ4n) is 2.55. The molecule has 110 valence electrons. The summed E-state index contributed by atoms with van der Waals surface area (Å²) in [6.45, 7) is 8.58. The van der Waals surface area contributed by atoms with Crippen LogP contribution in [0, 0.1) is 6.92 Å². The van der Waals surface area contributed by atoms with Crippen LogP contribution in [-0.2, 0) is 4.79 Å². The average molecular weight is 279 g/mol. The van der Waals surface area contributed by atoms with Crippen molar-refractivity contribution in [1.29, 1.82) is 0 Å². The molecule has 1 fully saturated rings. The van der Waals surface area contributed by atoms with E-state index in [1.165, 1.54) is 0 Å². The number of hydrogen-bond acceptors (Lipinski definition) is 4. The normalized spacial score (nSPS) is 19.4. The molecule has 0 saturated carbocycles. The Hall–Kier alpha value is -1.85. The molecular formula is C14H21N3O3. The summed E-state index contributed by atoms with van der Waals surface area (Å²) in [6.07, 6.45) is 0.596. The Morgan fingerprint density at radius 2 is 2.25 bits per heavy atom. The summed E-state index contributed by atoms with van der Waals surface area (Å²) in [5, 5.41) is 6.69. The molecule has 0 aromatic carbocycles. The van der Waals surface area contributed by atoms with Gasteiger partial charge in [-0.3, -0.25) is 9.59 Å². The predicted octanol–water partition coefficient (Wildman–Crippen LogP) is 1.46. The molecule has 1 atom stereocenters. The molecule has 2 amide bonds. The van der Waals surface area contributed by atoms with Crippen LogP contribution in [-0.4, -0.2) is 41.0 Å². The Kier molecular flexibility index (Phi) is 4.11. The van der Waals surface area contributed by atoms with E-state index >= 15 is 0 Å². The van der Waals surface area contributed by atoms with E-state index in [2.05, 4.69) is 10.5 Å². The number of aryl methyl sites for hydroxylation is 1. The van der Waals surface area contributed by atoms with Crippen LogP contribution in [0.3, 0.4) is 0 Å². The topological polar surface area (TPSA) is 75.4 Å². The number of carbonyl (C=O) groups is 2. The molecule has 0 radical (unpaired) electrons. The number of nitrogens with zero attached hydrogens (tertiary/aromatic N) is 2. The molecule has 1 aliphatic heterocycles. The molecule has 0 spiro atoms. The molecule has 1 saturated heterocycles. The lowest BCUT2D eigenvalue weighted by Crippen LogP contribution is -2.57. The molecule has 1 unspecified atom stereocenters. The first-order chi connectivity index (χ1) is 9.47. The minimum atomic E-state index is -0.412. The van der Waals surface area contributed by atoms with Gasteiger partial charge in [-0.2, -0.15) is 0 Å². The number of aromatic nitrogens is 1. The summed E-state index contributed by atoms with van der Waals surface area (Å²) in [5.41, 5.74) is 1.09. The molecule has 0 bridgehead atoms. The maximum absolute atomic E-state index is 12.8. The van der Waals surface area contributed by atoms with Crippen molar-refractivity contribution >= 4 is 11.8 Å². The molecule has 2 rings (SSSR count). The second-order valence-corrected chi connectivity index (χ2v) is 5.38. The lowest BCUT2D eigenvalue weighted by atomic mass is 10.0. The van der Waals surface area contributed by atoms with Crippen molar-refractivity contribution in [2.75, 3.05) is 13.1 Å². The third kappa shape index (κ3) is 2.42. The highest BCUT2D eigenvalue weighted by atomic mass is 16.5. The maximum Gasteiger partial charge on any atom is 0.260 e. The Labute approximate surface area is 118 Å². The van der Waals surface area contributed by atoms with Gasteiger partial charge in [0.2, 0.25) is 5.91 Å². The van der Waals surface area contributed by atoms with Gasteiger partial charge in [0.1, 0.15) is 11.6 Å². The monoisotopic (exact) mass is 279 g/mol. The smallest absolute Gasteiger partial charge is 0.260 e. The van der Waals surface area contributed by atoms with Gasteiger partial charge in [0.15, 0.2) is 5.76 Å². The fourth-order valence-corrected chi connectivity index (χ4v) is 2.55. The molecule has 1 aromatic heterocycles. The highest BCUT2D eigenvalue weighted by Crippen LogP contribution is 2.25. The molecule has 6 heteroatoms. The summed E-state index contributed by atoms with van der Waals surface area (Å²) in [7, 11) is 0. The largest absolute Gasteiger partial charge is 0.360 e. The third-order valence-corrected chi connectivity index (χ3v) is 3.61. The van der Waals surface area contributed by atoms with E-state index in [1.54, 1.807) is 11.8 Å². The number of nitrogens with one attached hydrogen (secondary N) is 1. The zero-order valence-electron chi connectivity index (χ0n) is 12.4. The summed E-state index contributed by atoms with van der Waals surface area (Å²) < 4.78 is 5.27. The highest BCUT2D eigenvalue weighted by molar-refractivity contribution is 5.99. The second kappa shape index (κ2) is 5.64. The van der Waals surface area contributed by atoms with E-state index in [-0.39, 0.29) is 17.7 Å². The predicted molar refractivity (Wildman–Crippen MR) is 73.5 cm³/mol. The number of amides is 2. The van der Waals surface area contributed by atoms with E-state index in [0.717, 1.165) is 0 Å². The summed E-state index contributed by atoms with van der Waals surface area (Å²) >= 11 is 0. The summed E-state index contributed by atoms with van der Waals surface area (Å²) in [6, 6.07) is -0.412. The quantitative estimate of drug-likeness (QED) is 0.908. The molecule has 2 heterocycles. The molecule has 0 aliphatic carbocycles. The van der Waals surface area contributed by atoms with E-state index < -0.39 is 6.04 Å². The van der Waals surface area contributed by atoms with Crippen molar-refractivity contribution in [2.45, 2.75) is 46.1 Å². The van der Waals surface area contributed by atoms with Crippen molar-refractivity contribution in [1.82, 2.24) is 15.4 Å². The van der Waals surface area contributed by atoms with Crippen LogP contribution >= 0.6 is 0 Å². The van der Waals surface area contributed by atoms with Gasteiger partial charge in [0.05, 0.1) is 5.69 Å². The highest BCUT2D eigenvalue weighted by Gasteiger charge is 2.35. The third-order valence-electron chi connectivity index (χ3n) is 3.61. The lowest BCUT2D eigenvalue weighted by molar-refractivity contribution is -0.127. The van der Waals surface area contributed by atoms with E-state index in [0.29, 0.717) is 36.5 Å². The SMILES string of the molecule is CCC1C(=O)NCCN1C(=O)c1c(C)noc1C(C)C.